The molecule has 3 aromatic rings. The van der Waals surface area contributed by atoms with Crippen LogP contribution in [0.2, 0.25) is 0 Å². The molecule has 4 rings (SSSR count). The van der Waals surface area contributed by atoms with Crippen LogP contribution in [-0.2, 0) is 12.8 Å². The number of aromatic amines is 1. The minimum atomic E-state index is 0.442. The second-order valence-electron chi connectivity index (χ2n) is 6.44. The van der Waals surface area contributed by atoms with Crippen molar-refractivity contribution in [3.63, 3.8) is 0 Å². The summed E-state index contributed by atoms with van der Waals surface area (Å²) < 4.78 is 0. The molecule has 2 aromatic carbocycles. The van der Waals surface area contributed by atoms with E-state index in [-0.39, 0.29) is 0 Å². The van der Waals surface area contributed by atoms with Crippen LogP contribution in [0.5, 0.6) is 0 Å². The van der Waals surface area contributed by atoms with Gasteiger partial charge in [0.25, 0.3) is 0 Å². The summed E-state index contributed by atoms with van der Waals surface area (Å²) in [5.41, 5.74) is 7.05. The van der Waals surface area contributed by atoms with Crippen LogP contribution in [0.1, 0.15) is 28.4 Å². The number of aromatic nitrogens is 1. The van der Waals surface area contributed by atoms with Gasteiger partial charge in [-0.15, -0.1) is 0 Å². The number of rotatable bonds is 2. The van der Waals surface area contributed by atoms with Gasteiger partial charge in [0.15, 0.2) is 0 Å². The minimum Gasteiger partial charge on any atom is -0.357 e. The van der Waals surface area contributed by atoms with Gasteiger partial charge in [0, 0.05) is 23.1 Å². The molecule has 1 atom stereocenters. The Labute approximate surface area is 131 Å². The first-order chi connectivity index (χ1) is 10.7. The summed E-state index contributed by atoms with van der Waals surface area (Å²) in [6.45, 7) is 3.34. The van der Waals surface area contributed by atoms with Crippen molar-refractivity contribution in [2.75, 3.05) is 13.6 Å². The van der Waals surface area contributed by atoms with E-state index in [1.807, 2.05) is 0 Å². The summed E-state index contributed by atoms with van der Waals surface area (Å²) in [5.74, 6) is 0. The first-order valence-corrected chi connectivity index (χ1v) is 8.08. The molecule has 1 aliphatic rings. The Morgan fingerprint density at radius 3 is 2.73 bits per heavy atom. The molecule has 1 N–H and O–H groups in total. The Morgan fingerprint density at radius 2 is 1.86 bits per heavy atom. The van der Waals surface area contributed by atoms with Crippen molar-refractivity contribution in [3.8, 4) is 0 Å². The molecule has 0 amide bonds. The van der Waals surface area contributed by atoms with Crippen molar-refractivity contribution in [1.29, 1.82) is 0 Å². The molecule has 1 aromatic heterocycles. The normalized spacial score (nSPS) is 18.5. The van der Waals surface area contributed by atoms with Gasteiger partial charge in [0.2, 0.25) is 0 Å². The fourth-order valence-corrected chi connectivity index (χ4v) is 3.74. The molecule has 22 heavy (non-hydrogen) atoms. The Hall–Kier alpha value is -2.06. The van der Waals surface area contributed by atoms with E-state index in [4.69, 9.17) is 0 Å². The van der Waals surface area contributed by atoms with Gasteiger partial charge < -0.3 is 4.98 Å². The number of hydrogen-bond donors (Lipinski definition) is 1. The van der Waals surface area contributed by atoms with Crippen LogP contribution in [-0.4, -0.2) is 23.5 Å². The third-order valence-corrected chi connectivity index (χ3v) is 5.10. The van der Waals surface area contributed by atoms with Crippen LogP contribution in [0, 0.1) is 6.92 Å². The largest absolute Gasteiger partial charge is 0.357 e. The molecule has 0 fully saturated rings. The molecular weight excluding hydrogens is 268 g/mol. The summed E-state index contributed by atoms with van der Waals surface area (Å²) in [7, 11) is 2.25. The monoisotopic (exact) mass is 290 g/mol. The zero-order valence-electron chi connectivity index (χ0n) is 13.3. The molecule has 0 saturated carbocycles. The van der Waals surface area contributed by atoms with Crippen LogP contribution in [0.3, 0.4) is 0 Å². The lowest BCUT2D eigenvalue weighted by Crippen LogP contribution is -2.33. The molecule has 1 aliphatic heterocycles. The van der Waals surface area contributed by atoms with E-state index in [2.05, 4.69) is 72.4 Å². The lowest BCUT2D eigenvalue weighted by molar-refractivity contribution is 0.226. The predicted molar refractivity (Wildman–Crippen MR) is 92.3 cm³/mol. The second kappa shape index (κ2) is 5.29. The zero-order valence-corrected chi connectivity index (χ0v) is 13.3. The number of aryl methyl sites for hydroxylation is 1. The van der Waals surface area contributed by atoms with Crippen molar-refractivity contribution in [2.24, 2.45) is 0 Å². The predicted octanol–water partition coefficient (Wildman–Crippen LogP) is 4.25. The second-order valence-corrected chi connectivity index (χ2v) is 6.44. The standard InChI is InChI=1S/C20H22N2/c1-14-7-3-4-8-15(14)13-19-20-17(11-12-22(19)2)16-9-5-6-10-18(16)21-20/h3-10,19,21H,11-13H2,1-2H3. The van der Waals surface area contributed by atoms with E-state index in [1.165, 1.54) is 33.3 Å². The SMILES string of the molecule is Cc1ccccc1CC1c2[nH]c3ccccc3c2CCN1C. The molecular formula is C20H22N2. The number of fused-ring (bicyclic) bond motifs is 3. The topological polar surface area (TPSA) is 19.0 Å². The van der Waals surface area contributed by atoms with Crippen molar-refractivity contribution < 1.29 is 0 Å². The molecule has 0 spiro atoms. The molecule has 2 heterocycles. The van der Waals surface area contributed by atoms with Crippen LogP contribution in [0.25, 0.3) is 10.9 Å². The average Bonchev–Trinajstić information content (AvgIpc) is 2.91. The number of likely N-dealkylation sites (N-methyl/N-ethyl adjacent to an activating group) is 1. The number of H-pyrrole nitrogens is 1. The molecule has 112 valence electrons. The van der Waals surface area contributed by atoms with Gasteiger partial charge >= 0.3 is 0 Å². The van der Waals surface area contributed by atoms with Gasteiger partial charge in [-0.05, 0) is 49.6 Å². The third-order valence-electron chi connectivity index (χ3n) is 5.10. The zero-order chi connectivity index (χ0) is 15.1. The number of nitrogens with zero attached hydrogens (tertiary/aromatic N) is 1. The highest BCUT2D eigenvalue weighted by atomic mass is 15.1. The Morgan fingerprint density at radius 1 is 1.09 bits per heavy atom. The molecule has 0 bridgehead atoms. The van der Waals surface area contributed by atoms with E-state index < -0.39 is 0 Å². The number of benzene rings is 2. The fourth-order valence-electron chi connectivity index (χ4n) is 3.74. The summed E-state index contributed by atoms with van der Waals surface area (Å²) >= 11 is 0. The van der Waals surface area contributed by atoms with E-state index in [0.29, 0.717) is 6.04 Å². The van der Waals surface area contributed by atoms with Crippen molar-refractivity contribution in [2.45, 2.75) is 25.8 Å². The van der Waals surface area contributed by atoms with Gasteiger partial charge in [0.05, 0.1) is 6.04 Å². The van der Waals surface area contributed by atoms with Crippen LogP contribution >= 0.6 is 0 Å². The third kappa shape index (κ3) is 2.15. The Bertz CT molecular complexity index is 815. The summed E-state index contributed by atoms with van der Waals surface area (Å²) in [4.78, 5) is 6.18. The highest BCUT2D eigenvalue weighted by Crippen LogP contribution is 2.35. The first-order valence-electron chi connectivity index (χ1n) is 8.08. The van der Waals surface area contributed by atoms with Gasteiger partial charge in [-0.2, -0.15) is 0 Å². The van der Waals surface area contributed by atoms with Gasteiger partial charge in [0.1, 0.15) is 0 Å². The first kappa shape index (κ1) is 13.6. The molecule has 1 unspecified atom stereocenters. The van der Waals surface area contributed by atoms with Crippen molar-refractivity contribution >= 4 is 10.9 Å². The Balaban J connectivity index is 1.79. The molecule has 0 aliphatic carbocycles. The van der Waals surface area contributed by atoms with Crippen LogP contribution in [0.15, 0.2) is 48.5 Å². The maximum Gasteiger partial charge on any atom is 0.0539 e. The lowest BCUT2D eigenvalue weighted by Gasteiger charge is -2.33. The van der Waals surface area contributed by atoms with E-state index in [1.54, 1.807) is 0 Å². The minimum absolute atomic E-state index is 0.442. The van der Waals surface area contributed by atoms with E-state index >= 15 is 0 Å². The average molecular weight is 290 g/mol. The van der Waals surface area contributed by atoms with Gasteiger partial charge in [-0.3, -0.25) is 4.90 Å². The smallest absolute Gasteiger partial charge is 0.0539 e. The molecule has 0 saturated heterocycles. The number of nitrogens with one attached hydrogen (secondary N) is 1. The molecule has 2 heteroatoms. The molecule has 0 radical (unpaired) electrons. The highest BCUT2D eigenvalue weighted by molar-refractivity contribution is 5.85. The maximum absolute atomic E-state index is 3.69. The summed E-state index contributed by atoms with van der Waals surface area (Å²) in [6.07, 6.45) is 2.21. The number of para-hydroxylation sites is 1. The fraction of sp³-hybridized carbons (Fsp3) is 0.300. The Kier molecular flexibility index (Phi) is 3.27. The van der Waals surface area contributed by atoms with E-state index in [9.17, 15) is 0 Å². The summed E-state index contributed by atoms with van der Waals surface area (Å²) in [6, 6.07) is 17.9. The van der Waals surface area contributed by atoms with Gasteiger partial charge in [-0.25, -0.2) is 0 Å². The highest BCUT2D eigenvalue weighted by Gasteiger charge is 2.28. The number of hydrogen-bond acceptors (Lipinski definition) is 1. The summed E-state index contributed by atoms with van der Waals surface area (Å²) in [5, 5.41) is 1.40. The van der Waals surface area contributed by atoms with Crippen molar-refractivity contribution in [1.82, 2.24) is 9.88 Å². The quantitative estimate of drug-likeness (QED) is 0.747. The lowest BCUT2D eigenvalue weighted by atomic mass is 9.92. The van der Waals surface area contributed by atoms with E-state index in [0.717, 1.165) is 19.4 Å². The van der Waals surface area contributed by atoms with Crippen LogP contribution in [0.4, 0.5) is 0 Å². The van der Waals surface area contributed by atoms with Crippen molar-refractivity contribution in [3.05, 3.63) is 70.9 Å². The molecule has 2 nitrogen and oxygen atoms in total. The maximum atomic E-state index is 3.69. The van der Waals surface area contributed by atoms with Crippen LogP contribution < -0.4 is 0 Å². The van der Waals surface area contributed by atoms with Gasteiger partial charge in [-0.1, -0.05) is 42.5 Å².